The third-order valence-corrected chi connectivity index (χ3v) is 3.70. The van der Waals surface area contributed by atoms with E-state index in [4.69, 9.17) is 0 Å². The number of hydrogen-bond acceptors (Lipinski definition) is 2. The van der Waals surface area contributed by atoms with Crippen LogP contribution in [0.1, 0.15) is 27.2 Å². The van der Waals surface area contributed by atoms with Gasteiger partial charge in [0.1, 0.15) is 5.82 Å². The Balaban J connectivity index is 2.10. The van der Waals surface area contributed by atoms with Crippen LogP contribution in [0.4, 0.5) is 0 Å². The molecule has 1 atom stereocenters. The van der Waals surface area contributed by atoms with E-state index in [-0.39, 0.29) is 0 Å². The predicted molar refractivity (Wildman–Crippen MR) is 74.2 cm³/mol. The lowest BCUT2D eigenvalue weighted by atomic mass is 9.99. The average Bonchev–Trinajstić information content (AvgIpc) is 2.84. The van der Waals surface area contributed by atoms with Crippen molar-refractivity contribution in [1.82, 2.24) is 9.55 Å². The number of rotatable bonds is 5. The van der Waals surface area contributed by atoms with E-state index in [0.717, 1.165) is 18.3 Å². The first-order valence-corrected chi connectivity index (χ1v) is 7.09. The van der Waals surface area contributed by atoms with Crippen LogP contribution >= 0.6 is 11.3 Å². The number of nitrogens with zero attached hydrogens (tertiary/aromatic N) is 2. The van der Waals surface area contributed by atoms with E-state index >= 15 is 0 Å². The van der Waals surface area contributed by atoms with Crippen LogP contribution in [0.15, 0.2) is 29.9 Å². The molecule has 17 heavy (non-hydrogen) atoms. The maximum Gasteiger partial charge on any atom is 0.149 e. The fourth-order valence-electron chi connectivity index (χ4n) is 2.30. The molecule has 0 aliphatic rings. The topological polar surface area (TPSA) is 17.8 Å². The quantitative estimate of drug-likeness (QED) is 0.771. The monoisotopic (exact) mass is 248 g/mol. The molecule has 1 unspecified atom stereocenters. The second-order valence-corrected chi connectivity index (χ2v) is 6.06. The first kappa shape index (κ1) is 12.4. The smallest absolute Gasteiger partial charge is 0.149 e. The van der Waals surface area contributed by atoms with Crippen molar-refractivity contribution in [2.24, 2.45) is 11.8 Å². The second-order valence-electron chi connectivity index (χ2n) is 5.12. The molecule has 2 nitrogen and oxygen atoms in total. The molecular weight excluding hydrogens is 228 g/mol. The number of imidazole rings is 1. The molecule has 0 N–H and O–H groups in total. The summed E-state index contributed by atoms with van der Waals surface area (Å²) < 4.78 is 2.28. The van der Waals surface area contributed by atoms with E-state index in [9.17, 15) is 0 Å². The molecule has 2 rings (SSSR count). The molecule has 0 aliphatic heterocycles. The number of aromatic nitrogens is 2. The Kier molecular flexibility index (Phi) is 4.00. The van der Waals surface area contributed by atoms with Gasteiger partial charge in [-0.3, -0.25) is 0 Å². The van der Waals surface area contributed by atoms with E-state index in [2.05, 4.69) is 54.0 Å². The third-order valence-electron chi connectivity index (χ3n) is 2.84. The first-order valence-electron chi connectivity index (χ1n) is 6.22. The highest BCUT2D eigenvalue weighted by molar-refractivity contribution is 7.13. The highest BCUT2D eigenvalue weighted by Gasteiger charge is 2.11. The summed E-state index contributed by atoms with van der Waals surface area (Å²) in [7, 11) is 0. The Morgan fingerprint density at radius 1 is 1.35 bits per heavy atom. The van der Waals surface area contributed by atoms with Gasteiger partial charge in [-0.05, 0) is 29.7 Å². The van der Waals surface area contributed by atoms with Gasteiger partial charge in [0.2, 0.25) is 0 Å². The summed E-state index contributed by atoms with van der Waals surface area (Å²) in [6.45, 7) is 7.94. The van der Waals surface area contributed by atoms with E-state index < -0.39 is 0 Å². The number of hydrogen-bond donors (Lipinski definition) is 0. The highest BCUT2D eigenvalue weighted by Crippen LogP contribution is 2.24. The largest absolute Gasteiger partial charge is 0.330 e. The molecule has 0 fully saturated rings. The zero-order chi connectivity index (χ0) is 12.3. The van der Waals surface area contributed by atoms with Gasteiger partial charge >= 0.3 is 0 Å². The minimum atomic E-state index is 0.697. The van der Waals surface area contributed by atoms with Crippen LogP contribution in [-0.2, 0) is 6.54 Å². The Labute approximate surface area is 107 Å². The van der Waals surface area contributed by atoms with Crippen LogP contribution in [0.2, 0.25) is 0 Å². The fourth-order valence-corrected chi connectivity index (χ4v) is 3.04. The van der Waals surface area contributed by atoms with Crippen LogP contribution in [-0.4, -0.2) is 9.55 Å². The van der Waals surface area contributed by atoms with Gasteiger partial charge in [-0.2, -0.15) is 0 Å². The molecule has 0 aromatic carbocycles. The Hall–Kier alpha value is -1.09. The molecule has 0 saturated heterocycles. The lowest BCUT2D eigenvalue weighted by Gasteiger charge is -2.15. The standard InChI is InChI=1S/C14H20N2S/c1-11(2)9-12(3)10-16-7-6-15-14(16)13-5-4-8-17-13/h4-8,11-12H,9-10H2,1-3H3. The molecular formula is C14H20N2S. The van der Waals surface area contributed by atoms with Crippen molar-refractivity contribution in [2.75, 3.05) is 0 Å². The van der Waals surface area contributed by atoms with Crippen molar-refractivity contribution in [3.05, 3.63) is 29.9 Å². The zero-order valence-electron chi connectivity index (χ0n) is 10.8. The van der Waals surface area contributed by atoms with Crippen LogP contribution in [0, 0.1) is 11.8 Å². The van der Waals surface area contributed by atoms with Gasteiger partial charge in [0.15, 0.2) is 0 Å². The predicted octanol–water partition coefficient (Wildman–Crippen LogP) is 4.29. The van der Waals surface area contributed by atoms with Crippen molar-refractivity contribution >= 4 is 11.3 Å². The lowest BCUT2D eigenvalue weighted by molar-refractivity contribution is 0.391. The summed E-state index contributed by atoms with van der Waals surface area (Å²) in [6, 6.07) is 4.22. The van der Waals surface area contributed by atoms with Gasteiger partial charge in [-0.15, -0.1) is 11.3 Å². The summed E-state index contributed by atoms with van der Waals surface area (Å²) in [4.78, 5) is 5.72. The van der Waals surface area contributed by atoms with Crippen LogP contribution < -0.4 is 0 Å². The Bertz CT molecular complexity index is 442. The van der Waals surface area contributed by atoms with Crippen molar-refractivity contribution in [3.8, 4) is 10.7 Å². The first-order chi connectivity index (χ1) is 8.16. The Morgan fingerprint density at radius 2 is 2.18 bits per heavy atom. The molecule has 2 aromatic rings. The van der Waals surface area contributed by atoms with E-state index in [0.29, 0.717) is 5.92 Å². The average molecular weight is 248 g/mol. The summed E-state index contributed by atoms with van der Waals surface area (Å²) in [5, 5.41) is 2.10. The normalized spacial score (nSPS) is 13.2. The van der Waals surface area contributed by atoms with E-state index in [1.807, 2.05) is 6.20 Å². The zero-order valence-corrected chi connectivity index (χ0v) is 11.6. The van der Waals surface area contributed by atoms with Crippen molar-refractivity contribution < 1.29 is 0 Å². The molecule has 92 valence electrons. The van der Waals surface area contributed by atoms with Gasteiger partial charge in [-0.25, -0.2) is 4.98 Å². The van der Waals surface area contributed by atoms with Gasteiger partial charge in [-0.1, -0.05) is 26.8 Å². The fraction of sp³-hybridized carbons (Fsp3) is 0.500. The SMILES string of the molecule is CC(C)CC(C)Cn1ccnc1-c1cccs1. The molecule has 2 aromatic heterocycles. The Morgan fingerprint density at radius 3 is 2.82 bits per heavy atom. The van der Waals surface area contributed by atoms with Crippen LogP contribution in [0.5, 0.6) is 0 Å². The lowest BCUT2D eigenvalue weighted by Crippen LogP contribution is -2.10. The van der Waals surface area contributed by atoms with E-state index in [1.165, 1.54) is 11.3 Å². The summed E-state index contributed by atoms with van der Waals surface area (Å²) in [5.74, 6) is 2.57. The van der Waals surface area contributed by atoms with Gasteiger partial charge in [0.05, 0.1) is 4.88 Å². The molecule has 2 heterocycles. The molecule has 0 aliphatic carbocycles. The molecule has 0 saturated carbocycles. The van der Waals surface area contributed by atoms with Crippen molar-refractivity contribution in [1.29, 1.82) is 0 Å². The van der Waals surface area contributed by atoms with Crippen LogP contribution in [0.25, 0.3) is 10.7 Å². The minimum Gasteiger partial charge on any atom is -0.330 e. The van der Waals surface area contributed by atoms with E-state index in [1.54, 1.807) is 11.3 Å². The number of thiophene rings is 1. The van der Waals surface area contributed by atoms with Crippen LogP contribution in [0.3, 0.4) is 0 Å². The minimum absolute atomic E-state index is 0.697. The maximum absolute atomic E-state index is 4.46. The molecule has 0 spiro atoms. The maximum atomic E-state index is 4.46. The third kappa shape index (κ3) is 3.19. The highest BCUT2D eigenvalue weighted by atomic mass is 32.1. The van der Waals surface area contributed by atoms with Crippen molar-refractivity contribution in [2.45, 2.75) is 33.7 Å². The summed E-state index contributed by atoms with van der Waals surface area (Å²) >= 11 is 1.75. The van der Waals surface area contributed by atoms with Gasteiger partial charge in [0, 0.05) is 18.9 Å². The van der Waals surface area contributed by atoms with Gasteiger partial charge in [0.25, 0.3) is 0 Å². The molecule has 0 amide bonds. The molecule has 0 bridgehead atoms. The molecule has 0 radical (unpaired) electrons. The summed E-state index contributed by atoms with van der Waals surface area (Å²) in [6.07, 6.45) is 5.26. The summed E-state index contributed by atoms with van der Waals surface area (Å²) in [5.41, 5.74) is 0. The molecule has 3 heteroatoms. The van der Waals surface area contributed by atoms with Gasteiger partial charge < -0.3 is 4.57 Å². The second kappa shape index (κ2) is 5.50. The van der Waals surface area contributed by atoms with Crippen molar-refractivity contribution in [3.63, 3.8) is 0 Å².